The molecule has 2 aromatic rings. The second kappa shape index (κ2) is 6.20. The number of alkyl halides is 3. The molecule has 0 aromatic heterocycles. The molecule has 1 nitrogen and oxygen atoms in total. The van der Waals surface area contributed by atoms with Gasteiger partial charge in [-0.15, -0.1) is 0 Å². The topological polar surface area (TPSA) is 3.24 Å². The lowest BCUT2D eigenvalue weighted by Crippen LogP contribution is -2.30. The Hall–Kier alpha value is -1.97. The first-order valence-electron chi connectivity index (χ1n) is 6.86. The van der Waals surface area contributed by atoms with Gasteiger partial charge >= 0.3 is 6.18 Å². The number of halogens is 3. The van der Waals surface area contributed by atoms with E-state index in [4.69, 9.17) is 0 Å². The van der Waals surface area contributed by atoms with Crippen molar-refractivity contribution in [1.82, 2.24) is 0 Å². The lowest BCUT2D eigenvalue weighted by atomic mass is 10.1. The molecule has 2 aromatic carbocycles. The average Bonchev–Trinajstić information content (AvgIpc) is 2.45. The fourth-order valence-electron chi connectivity index (χ4n) is 2.19. The number of benzene rings is 2. The van der Waals surface area contributed by atoms with Gasteiger partial charge in [0.05, 0.1) is 5.56 Å². The maximum absolute atomic E-state index is 12.6. The summed E-state index contributed by atoms with van der Waals surface area (Å²) in [5.41, 5.74) is 1.31. The van der Waals surface area contributed by atoms with Crippen molar-refractivity contribution in [3.63, 3.8) is 0 Å². The molecule has 0 saturated heterocycles. The third-order valence-corrected chi connectivity index (χ3v) is 3.35. The van der Waals surface area contributed by atoms with E-state index in [-0.39, 0.29) is 6.04 Å². The lowest BCUT2D eigenvalue weighted by molar-refractivity contribution is -0.137. The predicted molar refractivity (Wildman–Crippen MR) is 79.2 cm³/mol. The summed E-state index contributed by atoms with van der Waals surface area (Å²) in [4.78, 5) is 2.16. The van der Waals surface area contributed by atoms with E-state index in [1.807, 2.05) is 30.3 Å². The van der Waals surface area contributed by atoms with Gasteiger partial charge in [0.15, 0.2) is 0 Å². The molecule has 0 bridgehead atoms. The van der Waals surface area contributed by atoms with Crippen LogP contribution in [-0.2, 0) is 12.7 Å². The van der Waals surface area contributed by atoms with Gasteiger partial charge in [-0.25, -0.2) is 0 Å². The molecule has 0 aliphatic rings. The van der Waals surface area contributed by atoms with Crippen LogP contribution in [0.4, 0.5) is 18.9 Å². The first kappa shape index (κ1) is 15.4. The van der Waals surface area contributed by atoms with Crippen molar-refractivity contribution in [3.8, 4) is 0 Å². The van der Waals surface area contributed by atoms with Crippen LogP contribution in [0.1, 0.15) is 25.0 Å². The molecule has 0 aliphatic carbocycles. The maximum Gasteiger partial charge on any atom is 0.416 e. The summed E-state index contributed by atoms with van der Waals surface area (Å²) in [6.07, 6.45) is -4.28. The largest absolute Gasteiger partial charge is 0.416 e. The van der Waals surface area contributed by atoms with Gasteiger partial charge < -0.3 is 4.90 Å². The summed E-state index contributed by atoms with van der Waals surface area (Å²) >= 11 is 0. The molecule has 0 unspecified atom stereocenters. The number of para-hydroxylation sites is 1. The minimum Gasteiger partial charge on any atom is -0.365 e. The Morgan fingerprint density at radius 1 is 0.905 bits per heavy atom. The Morgan fingerprint density at radius 3 is 1.95 bits per heavy atom. The second-order valence-corrected chi connectivity index (χ2v) is 5.25. The van der Waals surface area contributed by atoms with Crippen LogP contribution in [0, 0.1) is 0 Å². The number of hydrogen-bond donors (Lipinski definition) is 0. The molecule has 0 radical (unpaired) electrons. The minimum absolute atomic E-state index is 0.259. The SMILES string of the molecule is CC(C)N(Cc1ccc(C(F)(F)F)cc1)c1ccccc1. The molecule has 0 amide bonds. The summed E-state index contributed by atoms with van der Waals surface area (Å²) in [6.45, 7) is 4.72. The van der Waals surface area contributed by atoms with Gasteiger partial charge in [-0.1, -0.05) is 30.3 Å². The number of rotatable bonds is 4. The predicted octanol–water partition coefficient (Wildman–Crippen LogP) is 5.12. The molecule has 21 heavy (non-hydrogen) atoms. The van der Waals surface area contributed by atoms with Crippen LogP contribution >= 0.6 is 0 Å². The summed E-state index contributed by atoms with van der Waals surface area (Å²) in [5, 5.41) is 0. The van der Waals surface area contributed by atoms with Crippen LogP contribution in [0.25, 0.3) is 0 Å². The molecule has 0 atom stereocenters. The van der Waals surface area contributed by atoms with Crippen molar-refractivity contribution in [2.24, 2.45) is 0 Å². The first-order valence-corrected chi connectivity index (χ1v) is 6.86. The second-order valence-electron chi connectivity index (χ2n) is 5.25. The van der Waals surface area contributed by atoms with E-state index in [0.717, 1.165) is 23.4 Å². The molecule has 0 fully saturated rings. The highest BCUT2D eigenvalue weighted by atomic mass is 19.4. The lowest BCUT2D eigenvalue weighted by Gasteiger charge is -2.29. The zero-order chi connectivity index (χ0) is 15.5. The Kier molecular flexibility index (Phi) is 4.56. The first-order chi connectivity index (χ1) is 9.88. The average molecular weight is 293 g/mol. The zero-order valence-corrected chi connectivity index (χ0v) is 12.1. The van der Waals surface area contributed by atoms with E-state index in [9.17, 15) is 13.2 Å². The molecule has 112 valence electrons. The van der Waals surface area contributed by atoms with Gasteiger partial charge in [0.2, 0.25) is 0 Å². The molecule has 0 spiro atoms. The highest BCUT2D eigenvalue weighted by Gasteiger charge is 2.30. The van der Waals surface area contributed by atoms with Gasteiger partial charge in [-0.2, -0.15) is 13.2 Å². The molecule has 0 saturated carbocycles. The van der Waals surface area contributed by atoms with Crippen molar-refractivity contribution in [3.05, 3.63) is 65.7 Å². The van der Waals surface area contributed by atoms with E-state index in [1.165, 1.54) is 0 Å². The van der Waals surface area contributed by atoms with Gasteiger partial charge in [0.25, 0.3) is 0 Å². The summed E-state index contributed by atoms with van der Waals surface area (Å²) in [5.74, 6) is 0. The third kappa shape index (κ3) is 4.00. The standard InChI is InChI=1S/C17H18F3N/c1-13(2)21(16-6-4-3-5-7-16)12-14-8-10-15(11-9-14)17(18,19)20/h3-11,13H,12H2,1-2H3. The van der Waals surface area contributed by atoms with Crippen molar-refractivity contribution in [1.29, 1.82) is 0 Å². The van der Waals surface area contributed by atoms with E-state index in [2.05, 4.69) is 18.7 Å². The van der Waals surface area contributed by atoms with Crippen molar-refractivity contribution < 1.29 is 13.2 Å². The van der Waals surface area contributed by atoms with Gasteiger partial charge in [-0.3, -0.25) is 0 Å². The number of nitrogens with zero attached hydrogens (tertiary/aromatic N) is 1. The monoisotopic (exact) mass is 293 g/mol. The summed E-state index contributed by atoms with van der Waals surface area (Å²) < 4.78 is 37.7. The van der Waals surface area contributed by atoms with Crippen molar-refractivity contribution in [2.75, 3.05) is 4.90 Å². The highest BCUT2D eigenvalue weighted by molar-refractivity contribution is 5.47. The highest BCUT2D eigenvalue weighted by Crippen LogP contribution is 2.29. The Balaban J connectivity index is 2.18. The third-order valence-electron chi connectivity index (χ3n) is 3.35. The molecular weight excluding hydrogens is 275 g/mol. The zero-order valence-electron chi connectivity index (χ0n) is 12.1. The van der Waals surface area contributed by atoms with Crippen LogP contribution in [0.5, 0.6) is 0 Å². The summed E-state index contributed by atoms with van der Waals surface area (Å²) in [7, 11) is 0. The molecule has 4 heteroatoms. The molecular formula is C17H18F3N. The van der Waals surface area contributed by atoms with Crippen molar-refractivity contribution >= 4 is 5.69 Å². The van der Waals surface area contributed by atoms with E-state index < -0.39 is 11.7 Å². The van der Waals surface area contributed by atoms with Crippen LogP contribution in [-0.4, -0.2) is 6.04 Å². The van der Waals surface area contributed by atoms with Crippen LogP contribution in [0.2, 0.25) is 0 Å². The Morgan fingerprint density at radius 2 is 1.48 bits per heavy atom. The molecule has 0 heterocycles. The molecule has 2 rings (SSSR count). The fourth-order valence-corrected chi connectivity index (χ4v) is 2.19. The van der Waals surface area contributed by atoms with Crippen molar-refractivity contribution in [2.45, 2.75) is 32.6 Å². The van der Waals surface area contributed by atoms with Crippen LogP contribution in [0.15, 0.2) is 54.6 Å². The van der Waals surface area contributed by atoms with Gasteiger partial charge in [0.1, 0.15) is 0 Å². The fraction of sp³-hybridized carbons (Fsp3) is 0.294. The Labute approximate surface area is 123 Å². The smallest absolute Gasteiger partial charge is 0.365 e. The normalized spacial score (nSPS) is 11.7. The van der Waals surface area contributed by atoms with E-state index in [1.54, 1.807) is 12.1 Å². The van der Waals surface area contributed by atoms with Crippen LogP contribution < -0.4 is 4.90 Å². The van der Waals surface area contributed by atoms with E-state index in [0.29, 0.717) is 6.54 Å². The minimum atomic E-state index is -4.28. The maximum atomic E-state index is 12.6. The van der Waals surface area contributed by atoms with Gasteiger partial charge in [0, 0.05) is 18.3 Å². The molecule has 0 N–H and O–H groups in total. The van der Waals surface area contributed by atoms with E-state index >= 15 is 0 Å². The number of hydrogen-bond acceptors (Lipinski definition) is 1. The summed E-state index contributed by atoms with van der Waals surface area (Å²) in [6, 6.07) is 15.5. The number of anilines is 1. The quantitative estimate of drug-likeness (QED) is 0.756. The Bertz CT molecular complexity index is 559. The van der Waals surface area contributed by atoms with Gasteiger partial charge in [-0.05, 0) is 43.7 Å². The molecule has 0 aliphatic heterocycles. The van der Waals surface area contributed by atoms with Crippen LogP contribution in [0.3, 0.4) is 0 Å².